The Bertz CT molecular complexity index is 367. The number of nitrogens with one attached hydrogen (secondary N) is 2. The second-order valence-corrected chi connectivity index (χ2v) is 3.74. The lowest BCUT2D eigenvalue weighted by Gasteiger charge is -2.18. The van der Waals surface area contributed by atoms with E-state index >= 15 is 0 Å². The summed E-state index contributed by atoms with van der Waals surface area (Å²) in [5, 5.41) is 4.30. The predicted octanol–water partition coefficient (Wildman–Crippen LogP) is 0.353. The second-order valence-electron chi connectivity index (χ2n) is 3.74. The van der Waals surface area contributed by atoms with Crippen LogP contribution in [0.3, 0.4) is 0 Å². The van der Waals surface area contributed by atoms with E-state index in [0.717, 1.165) is 12.8 Å². The minimum atomic E-state index is -1.14. The molecule has 1 unspecified atom stereocenters. The molecule has 0 aromatic heterocycles. The van der Waals surface area contributed by atoms with Crippen molar-refractivity contribution < 1.29 is 19.2 Å². The Morgan fingerprint density at radius 3 is 2.41 bits per heavy atom. The van der Waals surface area contributed by atoms with Crippen LogP contribution in [0.1, 0.15) is 33.1 Å². The number of nitrogens with zero attached hydrogens (tertiary/aromatic N) is 1. The van der Waals surface area contributed by atoms with Crippen LogP contribution in [0, 0.1) is 0 Å². The third-order valence-electron chi connectivity index (χ3n) is 2.48. The fourth-order valence-corrected chi connectivity index (χ4v) is 1.55. The van der Waals surface area contributed by atoms with Crippen molar-refractivity contribution >= 4 is 23.9 Å². The fraction of sp³-hybridized carbons (Fsp3) is 0.600. The molecule has 0 saturated carbocycles. The minimum absolute atomic E-state index is 0.108. The van der Waals surface area contributed by atoms with Crippen molar-refractivity contribution in [1.29, 1.82) is 0 Å². The quantitative estimate of drug-likeness (QED) is 0.548. The van der Waals surface area contributed by atoms with Gasteiger partial charge in [0.15, 0.2) is 0 Å². The van der Waals surface area contributed by atoms with E-state index in [1.54, 1.807) is 5.32 Å². The zero-order valence-electron chi connectivity index (χ0n) is 9.78. The highest BCUT2D eigenvalue weighted by Crippen LogP contribution is 2.05. The summed E-state index contributed by atoms with van der Waals surface area (Å²) in [6.07, 6.45) is 2.31. The Morgan fingerprint density at radius 1 is 1.35 bits per heavy atom. The van der Waals surface area contributed by atoms with E-state index in [4.69, 9.17) is 0 Å². The molecular weight excluding hydrogens is 226 g/mol. The van der Waals surface area contributed by atoms with Crippen molar-refractivity contribution in [2.75, 3.05) is 0 Å². The summed E-state index contributed by atoms with van der Waals surface area (Å²) in [5.74, 6) is -2.22. The van der Waals surface area contributed by atoms with Gasteiger partial charge >= 0.3 is 23.9 Å². The lowest BCUT2D eigenvalue weighted by molar-refractivity contribution is -0.138. The first-order valence-electron chi connectivity index (χ1n) is 5.51. The first kappa shape index (κ1) is 13.1. The van der Waals surface area contributed by atoms with Gasteiger partial charge in [0, 0.05) is 6.04 Å². The highest BCUT2D eigenvalue weighted by atomic mass is 16.2. The molecule has 1 rings (SSSR count). The number of carbonyl (C=O) groups is 4. The van der Waals surface area contributed by atoms with Gasteiger partial charge in [0.25, 0.3) is 0 Å². The zero-order valence-corrected chi connectivity index (χ0v) is 9.78. The van der Waals surface area contributed by atoms with Crippen LogP contribution in [0.25, 0.3) is 0 Å². The third kappa shape index (κ3) is 2.80. The Balaban J connectivity index is 2.67. The normalized spacial score (nSPS) is 17.1. The summed E-state index contributed by atoms with van der Waals surface area (Å²) < 4.78 is 0. The summed E-state index contributed by atoms with van der Waals surface area (Å²) >= 11 is 0. The second kappa shape index (κ2) is 5.42. The number of hydrogen-bond donors (Lipinski definition) is 2. The lowest BCUT2D eigenvalue weighted by atomic mass is 10.1. The van der Waals surface area contributed by atoms with E-state index in [1.807, 2.05) is 13.8 Å². The average molecular weight is 241 g/mol. The summed E-state index contributed by atoms with van der Waals surface area (Å²) in [4.78, 5) is 45.2. The smallest absolute Gasteiger partial charge is 0.334 e. The number of hydrogen-bond acceptors (Lipinski definition) is 4. The van der Waals surface area contributed by atoms with Crippen LogP contribution in [-0.2, 0) is 9.59 Å². The van der Waals surface area contributed by atoms with Crippen molar-refractivity contribution in [3.8, 4) is 0 Å². The lowest BCUT2D eigenvalue weighted by Crippen LogP contribution is -2.47. The molecule has 0 aromatic rings. The van der Waals surface area contributed by atoms with Crippen molar-refractivity contribution in [2.24, 2.45) is 0 Å². The van der Waals surface area contributed by atoms with Gasteiger partial charge in [-0.15, -0.1) is 0 Å². The van der Waals surface area contributed by atoms with Gasteiger partial charge in [0.1, 0.15) is 0 Å². The minimum Gasteiger partial charge on any atom is -0.334 e. The topological polar surface area (TPSA) is 95.6 Å². The van der Waals surface area contributed by atoms with Gasteiger partial charge in [-0.25, -0.2) is 9.59 Å². The maximum Gasteiger partial charge on any atom is 0.340 e. The van der Waals surface area contributed by atoms with Gasteiger partial charge in [0.05, 0.1) is 0 Å². The molecule has 1 saturated heterocycles. The fourth-order valence-electron chi connectivity index (χ4n) is 1.55. The van der Waals surface area contributed by atoms with Gasteiger partial charge in [-0.3, -0.25) is 14.9 Å². The maximum absolute atomic E-state index is 11.6. The third-order valence-corrected chi connectivity index (χ3v) is 2.48. The SMILES string of the molecule is CCCC(CC)NC(=O)N1C(=O)NC(=O)C1=O. The van der Waals surface area contributed by atoms with E-state index in [0.29, 0.717) is 11.3 Å². The van der Waals surface area contributed by atoms with E-state index in [1.165, 1.54) is 0 Å². The van der Waals surface area contributed by atoms with E-state index in [-0.39, 0.29) is 6.04 Å². The number of amides is 6. The molecule has 0 aromatic carbocycles. The standard InChI is InChI=1S/C10H15N3O4/c1-3-5-6(4-2)11-9(16)13-8(15)7(14)12-10(13)17/h6H,3-5H2,1-2H3,(H,11,16)(H,12,14,17). The molecular formula is C10H15N3O4. The number of urea groups is 2. The highest BCUT2D eigenvalue weighted by molar-refractivity contribution is 6.48. The van der Waals surface area contributed by atoms with E-state index < -0.39 is 23.9 Å². The van der Waals surface area contributed by atoms with Crippen molar-refractivity contribution in [2.45, 2.75) is 39.2 Å². The number of imide groups is 4. The van der Waals surface area contributed by atoms with Gasteiger partial charge in [-0.05, 0) is 12.8 Å². The molecule has 2 N–H and O–H groups in total. The summed E-state index contributed by atoms with van der Waals surface area (Å²) in [6.45, 7) is 3.85. The van der Waals surface area contributed by atoms with Crippen LogP contribution >= 0.6 is 0 Å². The van der Waals surface area contributed by atoms with Crippen LogP contribution in [0.4, 0.5) is 9.59 Å². The molecule has 0 radical (unpaired) electrons. The van der Waals surface area contributed by atoms with Gasteiger partial charge < -0.3 is 5.32 Å². The van der Waals surface area contributed by atoms with E-state index in [2.05, 4.69) is 5.32 Å². The van der Waals surface area contributed by atoms with Crippen LogP contribution < -0.4 is 10.6 Å². The maximum atomic E-state index is 11.6. The summed E-state index contributed by atoms with van der Waals surface area (Å²) in [6, 6.07) is -1.95. The van der Waals surface area contributed by atoms with Gasteiger partial charge in [-0.2, -0.15) is 4.90 Å². The molecule has 6 amide bonds. The molecule has 1 atom stereocenters. The molecule has 1 fully saturated rings. The molecule has 1 aliphatic heterocycles. The van der Waals surface area contributed by atoms with E-state index in [9.17, 15) is 19.2 Å². The Hall–Kier alpha value is -1.92. The van der Waals surface area contributed by atoms with Crippen molar-refractivity contribution in [1.82, 2.24) is 15.5 Å². The molecule has 0 bridgehead atoms. The summed E-state index contributed by atoms with van der Waals surface area (Å²) in [7, 11) is 0. The summed E-state index contributed by atoms with van der Waals surface area (Å²) in [5.41, 5.74) is 0. The van der Waals surface area contributed by atoms with Crippen LogP contribution in [0.5, 0.6) is 0 Å². The molecule has 0 spiro atoms. The van der Waals surface area contributed by atoms with Crippen molar-refractivity contribution in [3.63, 3.8) is 0 Å². The first-order valence-corrected chi connectivity index (χ1v) is 5.51. The Kier molecular flexibility index (Phi) is 4.19. The van der Waals surface area contributed by atoms with Crippen molar-refractivity contribution in [3.05, 3.63) is 0 Å². The molecule has 7 nitrogen and oxygen atoms in total. The first-order chi connectivity index (χ1) is 8.01. The van der Waals surface area contributed by atoms with Crippen LogP contribution in [0.15, 0.2) is 0 Å². The molecule has 0 aliphatic carbocycles. The molecule has 94 valence electrons. The zero-order chi connectivity index (χ0) is 13.0. The highest BCUT2D eigenvalue weighted by Gasteiger charge is 2.41. The van der Waals surface area contributed by atoms with Gasteiger partial charge in [0.2, 0.25) is 0 Å². The molecule has 7 heteroatoms. The average Bonchev–Trinajstić information content (AvgIpc) is 2.52. The predicted molar refractivity (Wildman–Crippen MR) is 57.9 cm³/mol. The monoisotopic (exact) mass is 241 g/mol. The Labute approximate surface area is 98.5 Å². The van der Waals surface area contributed by atoms with Gasteiger partial charge in [-0.1, -0.05) is 20.3 Å². The molecule has 1 heterocycles. The van der Waals surface area contributed by atoms with Crippen LogP contribution in [-0.4, -0.2) is 34.8 Å². The molecule has 17 heavy (non-hydrogen) atoms. The molecule has 1 aliphatic rings. The van der Waals surface area contributed by atoms with Crippen LogP contribution in [0.2, 0.25) is 0 Å². The number of carbonyl (C=O) groups excluding carboxylic acids is 4. The Morgan fingerprint density at radius 2 is 2.00 bits per heavy atom. The number of rotatable bonds is 4. The largest absolute Gasteiger partial charge is 0.340 e.